The third kappa shape index (κ3) is 2.98. The van der Waals surface area contributed by atoms with Crippen LogP contribution in [-0.2, 0) is 11.3 Å². The minimum Gasteiger partial charge on any atom is -0.382 e. The highest BCUT2D eigenvalue weighted by atomic mass is 16.6. The van der Waals surface area contributed by atoms with Crippen molar-refractivity contribution in [3.63, 3.8) is 0 Å². The smallest absolute Gasteiger partial charge is 0.333 e. The molecule has 1 aromatic rings. The van der Waals surface area contributed by atoms with Gasteiger partial charge in [0.25, 0.3) is 0 Å². The molecule has 0 aromatic carbocycles. The first-order chi connectivity index (χ1) is 8.32. The van der Waals surface area contributed by atoms with Gasteiger partial charge in [-0.25, -0.2) is 4.68 Å². The van der Waals surface area contributed by atoms with Crippen LogP contribution >= 0.6 is 0 Å². The Bertz CT molecular complexity index is 440. The molecule has 0 aliphatic rings. The van der Waals surface area contributed by atoms with Crippen LogP contribution < -0.4 is 5.32 Å². The van der Waals surface area contributed by atoms with Gasteiger partial charge in [0, 0.05) is 13.7 Å². The molecular weight excluding hydrogens is 236 g/mol. The third-order valence-corrected chi connectivity index (χ3v) is 2.54. The van der Waals surface area contributed by atoms with Crippen LogP contribution in [0.3, 0.4) is 0 Å². The van der Waals surface area contributed by atoms with Gasteiger partial charge < -0.3 is 10.1 Å². The van der Waals surface area contributed by atoms with Crippen LogP contribution in [-0.4, -0.2) is 34.0 Å². The van der Waals surface area contributed by atoms with Crippen LogP contribution in [0.15, 0.2) is 0 Å². The Morgan fingerprint density at radius 1 is 1.56 bits per heavy atom. The summed E-state index contributed by atoms with van der Waals surface area (Å²) < 4.78 is 6.70. The molecule has 1 heterocycles. The van der Waals surface area contributed by atoms with Crippen molar-refractivity contribution in [2.24, 2.45) is 0 Å². The molecule has 102 valence electrons. The van der Waals surface area contributed by atoms with Crippen molar-refractivity contribution in [2.75, 3.05) is 19.0 Å². The van der Waals surface area contributed by atoms with E-state index in [-0.39, 0.29) is 5.69 Å². The number of anilines is 1. The van der Waals surface area contributed by atoms with Crippen molar-refractivity contribution < 1.29 is 9.66 Å². The number of aryl methyl sites for hydroxylation is 2. The number of ether oxygens (including phenoxy) is 1. The summed E-state index contributed by atoms with van der Waals surface area (Å²) in [6.45, 7) is 8.38. The van der Waals surface area contributed by atoms with Crippen LogP contribution in [0.2, 0.25) is 0 Å². The average Bonchev–Trinajstić information content (AvgIpc) is 2.53. The summed E-state index contributed by atoms with van der Waals surface area (Å²) in [6.07, 6.45) is 0. The molecule has 0 aliphatic heterocycles. The predicted molar refractivity (Wildman–Crippen MR) is 68.9 cm³/mol. The second-order valence-corrected chi connectivity index (χ2v) is 4.80. The Morgan fingerprint density at radius 2 is 2.17 bits per heavy atom. The van der Waals surface area contributed by atoms with Crippen LogP contribution in [0.25, 0.3) is 0 Å². The van der Waals surface area contributed by atoms with E-state index in [4.69, 9.17) is 4.74 Å². The van der Waals surface area contributed by atoms with E-state index in [1.165, 1.54) is 0 Å². The first-order valence-electron chi connectivity index (χ1n) is 5.81. The zero-order valence-electron chi connectivity index (χ0n) is 11.5. The molecule has 7 heteroatoms. The summed E-state index contributed by atoms with van der Waals surface area (Å²) >= 11 is 0. The van der Waals surface area contributed by atoms with Gasteiger partial charge in [-0.2, -0.15) is 5.10 Å². The minimum atomic E-state index is -0.404. The molecule has 0 saturated heterocycles. The van der Waals surface area contributed by atoms with Crippen LogP contribution in [0.1, 0.15) is 26.5 Å². The van der Waals surface area contributed by atoms with Gasteiger partial charge in [-0.1, -0.05) is 0 Å². The molecule has 0 radical (unpaired) electrons. The zero-order valence-corrected chi connectivity index (χ0v) is 11.5. The molecule has 1 rings (SSSR count). The van der Waals surface area contributed by atoms with Gasteiger partial charge in [-0.05, 0) is 27.7 Å². The lowest BCUT2D eigenvalue weighted by molar-refractivity contribution is -0.384. The lowest BCUT2D eigenvalue weighted by Gasteiger charge is -2.26. The molecule has 0 bridgehead atoms. The molecular formula is C11H20N4O3. The van der Waals surface area contributed by atoms with Crippen molar-refractivity contribution in [1.82, 2.24) is 9.78 Å². The van der Waals surface area contributed by atoms with Gasteiger partial charge in [0.2, 0.25) is 5.82 Å². The second-order valence-electron chi connectivity index (χ2n) is 4.80. The summed E-state index contributed by atoms with van der Waals surface area (Å²) in [5.41, 5.74) is 0.0393. The van der Waals surface area contributed by atoms with Gasteiger partial charge in [0.15, 0.2) is 0 Å². The number of methoxy groups -OCH3 is 1. The maximum Gasteiger partial charge on any atom is 0.333 e. The quantitative estimate of drug-likeness (QED) is 0.621. The average molecular weight is 256 g/mol. The Kier molecular flexibility index (Phi) is 4.28. The molecule has 0 amide bonds. The maximum absolute atomic E-state index is 11.1. The Labute approximate surface area is 106 Å². The van der Waals surface area contributed by atoms with Crippen molar-refractivity contribution in [3.05, 3.63) is 15.8 Å². The van der Waals surface area contributed by atoms with Crippen molar-refractivity contribution in [3.8, 4) is 0 Å². The van der Waals surface area contributed by atoms with E-state index in [1.807, 2.05) is 20.8 Å². The molecule has 1 N–H and O–H groups in total. The summed E-state index contributed by atoms with van der Waals surface area (Å²) in [4.78, 5) is 10.7. The van der Waals surface area contributed by atoms with Gasteiger partial charge in [0.1, 0.15) is 5.69 Å². The highest BCUT2D eigenvalue weighted by Gasteiger charge is 2.29. The molecule has 0 unspecified atom stereocenters. The largest absolute Gasteiger partial charge is 0.382 e. The predicted octanol–water partition coefficient (Wildman–Crippen LogP) is 1.96. The maximum atomic E-state index is 11.1. The normalized spacial score (nSPS) is 11.6. The van der Waals surface area contributed by atoms with Crippen molar-refractivity contribution >= 4 is 11.5 Å². The molecule has 1 aromatic heterocycles. The van der Waals surface area contributed by atoms with E-state index in [0.29, 0.717) is 24.7 Å². The summed E-state index contributed by atoms with van der Waals surface area (Å²) in [7, 11) is 1.60. The highest BCUT2D eigenvalue weighted by Crippen LogP contribution is 2.30. The number of hydrogen-bond donors (Lipinski definition) is 1. The monoisotopic (exact) mass is 256 g/mol. The highest BCUT2D eigenvalue weighted by molar-refractivity contribution is 5.60. The molecule has 0 saturated carbocycles. The Morgan fingerprint density at radius 3 is 2.61 bits per heavy atom. The zero-order chi connectivity index (χ0) is 13.9. The van der Waals surface area contributed by atoms with E-state index in [2.05, 4.69) is 10.4 Å². The van der Waals surface area contributed by atoms with Crippen LogP contribution in [0.5, 0.6) is 0 Å². The van der Waals surface area contributed by atoms with Crippen LogP contribution in [0.4, 0.5) is 11.5 Å². The van der Waals surface area contributed by atoms with Crippen molar-refractivity contribution in [1.29, 1.82) is 0 Å². The van der Waals surface area contributed by atoms with E-state index >= 15 is 0 Å². The third-order valence-electron chi connectivity index (χ3n) is 2.54. The van der Waals surface area contributed by atoms with E-state index in [9.17, 15) is 10.1 Å². The first kappa shape index (κ1) is 14.4. The number of nitrogens with zero attached hydrogens (tertiary/aromatic N) is 3. The van der Waals surface area contributed by atoms with E-state index in [0.717, 1.165) is 0 Å². The molecule has 7 nitrogen and oxygen atoms in total. The second kappa shape index (κ2) is 5.34. The fraction of sp³-hybridized carbons (Fsp3) is 0.727. The molecule has 0 fully saturated rings. The van der Waals surface area contributed by atoms with E-state index < -0.39 is 10.5 Å². The number of hydrogen-bond acceptors (Lipinski definition) is 5. The SMILES string of the molecule is CCn1nc(C)c([N+](=O)[O-])c1NC(C)(C)COC. The Hall–Kier alpha value is -1.63. The molecule has 0 atom stereocenters. The number of aromatic nitrogens is 2. The topological polar surface area (TPSA) is 82.2 Å². The molecule has 18 heavy (non-hydrogen) atoms. The number of rotatable bonds is 6. The van der Waals surface area contributed by atoms with Gasteiger partial charge in [-0.15, -0.1) is 0 Å². The Balaban J connectivity index is 3.17. The molecule has 0 aliphatic carbocycles. The lowest BCUT2D eigenvalue weighted by Crippen LogP contribution is -2.37. The minimum absolute atomic E-state index is 0.0287. The summed E-state index contributed by atoms with van der Waals surface area (Å²) in [6, 6.07) is 0. The fourth-order valence-electron chi connectivity index (χ4n) is 1.86. The van der Waals surface area contributed by atoms with Gasteiger partial charge >= 0.3 is 5.69 Å². The first-order valence-corrected chi connectivity index (χ1v) is 5.81. The molecule has 0 spiro atoms. The van der Waals surface area contributed by atoms with Gasteiger partial charge in [-0.3, -0.25) is 10.1 Å². The van der Waals surface area contributed by atoms with Gasteiger partial charge in [0.05, 0.1) is 17.1 Å². The van der Waals surface area contributed by atoms with E-state index in [1.54, 1.807) is 18.7 Å². The van der Waals surface area contributed by atoms with Crippen LogP contribution in [0, 0.1) is 17.0 Å². The number of nitrogens with one attached hydrogen (secondary N) is 1. The van der Waals surface area contributed by atoms with Crippen molar-refractivity contribution in [2.45, 2.75) is 39.8 Å². The number of nitro groups is 1. The lowest BCUT2D eigenvalue weighted by atomic mass is 10.1. The fourth-order valence-corrected chi connectivity index (χ4v) is 1.86. The summed E-state index contributed by atoms with van der Waals surface area (Å²) in [5, 5.41) is 18.4. The standard InChI is InChI=1S/C11H20N4O3/c1-6-14-10(12-11(3,4)7-18-5)9(15(16)17)8(2)13-14/h12H,6-7H2,1-5H3. The summed E-state index contributed by atoms with van der Waals surface area (Å²) in [5.74, 6) is 0.432.